The minimum atomic E-state index is 0.231. The van der Waals surface area contributed by atoms with Gasteiger partial charge in [0.25, 0.3) is 0 Å². The van der Waals surface area contributed by atoms with Crippen molar-refractivity contribution in [1.82, 2.24) is 10.2 Å². The van der Waals surface area contributed by atoms with E-state index in [0.29, 0.717) is 6.04 Å². The summed E-state index contributed by atoms with van der Waals surface area (Å²) in [7, 11) is 2.19. The summed E-state index contributed by atoms with van der Waals surface area (Å²) in [5.41, 5.74) is 1.51. The van der Waals surface area contributed by atoms with Gasteiger partial charge in [-0.05, 0) is 32.9 Å². The van der Waals surface area contributed by atoms with Crippen LogP contribution < -0.4 is 5.32 Å². The fourth-order valence-corrected chi connectivity index (χ4v) is 3.15. The normalized spacial score (nSPS) is 23.1. The summed E-state index contributed by atoms with van der Waals surface area (Å²) >= 11 is 0. The van der Waals surface area contributed by atoms with Crippen LogP contribution in [0.3, 0.4) is 0 Å². The summed E-state index contributed by atoms with van der Waals surface area (Å²) in [5, 5.41) is 3.61. The zero-order chi connectivity index (χ0) is 15.3. The Hall–Kier alpha value is -0.840. The van der Waals surface area contributed by atoms with Gasteiger partial charge in [0.15, 0.2) is 0 Å². The van der Waals surface area contributed by atoms with Crippen LogP contribution in [0.4, 0.5) is 0 Å². The molecule has 4 heteroatoms. The molecule has 2 rings (SSSR count). The molecular weight excluding hydrogens is 264 g/mol. The molecule has 1 aliphatic rings. The van der Waals surface area contributed by atoms with Crippen LogP contribution in [-0.4, -0.2) is 44.3 Å². The quantitative estimate of drug-likeness (QED) is 0.839. The first kappa shape index (κ1) is 16.5. The van der Waals surface area contributed by atoms with Gasteiger partial charge in [0.2, 0.25) is 0 Å². The number of nitrogens with zero attached hydrogens (tertiary/aromatic N) is 1. The van der Waals surface area contributed by atoms with E-state index in [1.54, 1.807) is 6.26 Å². The molecule has 120 valence electrons. The van der Waals surface area contributed by atoms with Crippen molar-refractivity contribution in [3.63, 3.8) is 0 Å². The fraction of sp³-hybridized carbons (Fsp3) is 0.765. The largest absolute Gasteiger partial charge is 0.469 e. The molecule has 21 heavy (non-hydrogen) atoms. The van der Waals surface area contributed by atoms with Crippen molar-refractivity contribution < 1.29 is 9.15 Å². The van der Waals surface area contributed by atoms with Gasteiger partial charge in [-0.15, -0.1) is 0 Å². The van der Waals surface area contributed by atoms with Crippen molar-refractivity contribution in [2.24, 2.45) is 5.41 Å². The predicted octanol–water partition coefficient (Wildman–Crippen LogP) is 2.81. The molecule has 0 amide bonds. The SMILES string of the molecule is Cc1occc1CN(C)CC1(CNC(C)C)CCCOC1. The van der Waals surface area contributed by atoms with Gasteiger partial charge in [-0.1, -0.05) is 13.8 Å². The Morgan fingerprint density at radius 1 is 1.43 bits per heavy atom. The molecule has 0 aliphatic carbocycles. The predicted molar refractivity (Wildman–Crippen MR) is 85.4 cm³/mol. The molecule has 1 fully saturated rings. The Kier molecular flexibility index (Phi) is 5.85. The lowest BCUT2D eigenvalue weighted by molar-refractivity contribution is -0.0245. The summed E-state index contributed by atoms with van der Waals surface area (Å²) in [6, 6.07) is 2.59. The monoisotopic (exact) mass is 294 g/mol. The maximum Gasteiger partial charge on any atom is 0.105 e. The van der Waals surface area contributed by atoms with Crippen molar-refractivity contribution in [3.05, 3.63) is 23.7 Å². The molecule has 1 saturated heterocycles. The summed E-state index contributed by atoms with van der Waals surface area (Å²) in [4.78, 5) is 2.40. The van der Waals surface area contributed by atoms with Crippen molar-refractivity contribution in [3.8, 4) is 0 Å². The van der Waals surface area contributed by atoms with Crippen LogP contribution in [0.2, 0.25) is 0 Å². The van der Waals surface area contributed by atoms with E-state index < -0.39 is 0 Å². The van der Waals surface area contributed by atoms with E-state index in [1.807, 2.05) is 6.92 Å². The van der Waals surface area contributed by atoms with Gasteiger partial charge in [-0.3, -0.25) is 0 Å². The van der Waals surface area contributed by atoms with Gasteiger partial charge in [-0.25, -0.2) is 0 Å². The van der Waals surface area contributed by atoms with Crippen molar-refractivity contribution in [2.75, 3.05) is 33.4 Å². The van der Waals surface area contributed by atoms with E-state index in [-0.39, 0.29) is 5.41 Å². The summed E-state index contributed by atoms with van der Waals surface area (Å²) in [6.07, 6.45) is 4.18. The standard InChI is InChI=1S/C17H30N2O2/c1-14(2)18-11-17(7-5-8-20-13-17)12-19(4)10-16-6-9-21-15(16)3/h6,9,14,18H,5,7-8,10-13H2,1-4H3. The third-order valence-electron chi connectivity index (χ3n) is 4.30. The van der Waals surface area contributed by atoms with Gasteiger partial charge >= 0.3 is 0 Å². The number of rotatable bonds is 7. The molecule has 1 atom stereocenters. The van der Waals surface area contributed by atoms with Crippen LogP contribution in [0.15, 0.2) is 16.7 Å². The van der Waals surface area contributed by atoms with E-state index in [4.69, 9.17) is 9.15 Å². The van der Waals surface area contributed by atoms with Crippen LogP contribution in [0.5, 0.6) is 0 Å². The van der Waals surface area contributed by atoms with Crippen molar-refractivity contribution in [1.29, 1.82) is 0 Å². The van der Waals surface area contributed by atoms with E-state index in [1.165, 1.54) is 18.4 Å². The third-order valence-corrected chi connectivity index (χ3v) is 4.30. The van der Waals surface area contributed by atoms with E-state index >= 15 is 0 Å². The minimum Gasteiger partial charge on any atom is -0.469 e. The average molecular weight is 294 g/mol. The molecule has 0 bridgehead atoms. The Morgan fingerprint density at radius 3 is 2.81 bits per heavy atom. The fourth-order valence-electron chi connectivity index (χ4n) is 3.15. The maximum atomic E-state index is 5.79. The van der Waals surface area contributed by atoms with Gasteiger partial charge in [0, 0.05) is 43.3 Å². The Balaban J connectivity index is 1.95. The summed E-state index contributed by atoms with van der Waals surface area (Å²) in [5.74, 6) is 1.02. The number of nitrogens with one attached hydrogen (secondary N) is 1. The first-order valence-electron chi connectivity index (χ1n) is 8.03. The van der Waals surface area contributed by atoms with Crippen LogP contribution in [-0.2, 0) is 11.3 Å². The lowest BCUT2D eigenvalue weighted by Gasteiger charge is -2.40. The zero-order valence-electron chi connectivity index (χ0n) is 13.9. The molecule has 0 aromatic carbocycles. The highest BCUT2D eigenvalue weighted by Gasteiger charge is 2.34. The third kappa shape index (κ3) is 4.83. The molecule has 0 radical (unpaired) electrons. The molecule has 1 unspecified atom stereocenters. The number of ether oxygens (including phenoxy) is 1. The molecule has 0 spiro atoms. The Bertz CT molecular complexity index is 422. The van der Waals surface area contributed by atoms with Crippen LogP contribution >= 0.6 is 0 Å². The molecule has 0 saturated carbocycles. The minimum absolute atomic E-state index is 0.231. The number of hydrogen-bond acceptors (Lipinski definition) is 4. The summed E-state index contributed by atoms with van der Waals surface area (Å²) in [6.45, 7) is 11.2. The van der Waals surface area contributed by atoms with Gasteiger partial charge < -0.3 is 19.4 Å². The smallest absolute Gasteiger partial charge is 0.105 e. The molecular formula is C17H30N2O2. The second-order valence-corrected chi connectivity index (χ2v) is 6.87. The topological polar surface area (TPSA) is 37.6 Å². The number of aryl methyl sites for hydroxylation is 1. The van der Waals surface area contributed by atoms with E-state index in [0.717, 1.165) is 38.6 Å². The average Bonchev–Trinajstić information content (AvgIpc) is 2.83. The molecule has 4 nitrogen and oxygen atoms in total. The molecule has 1 aromatic rings. The lowest BCUT2D eigenvalue weighted by Crippen LogP contribution is -2.49. The van der Waals surface area contributed by atoms with Gasteiger partial charge in [0.1, 0.15) is 5.76 Å². The Labute approximate surface area is 128 Å². The first-order chi connectivity index (χ1) is 10.0. The highest BCUT2D eigenvalue weighted by atomic mass is 16.5. The van der Waals surface area contributed by atoms with E-state index in [2.05, 4.69) is 37.2 Å². The van der Waals surface area contributed by atoms with Gasteiger partial charge in [-0.2, -0.15) is 0 Å². The highest BCUT2D eigenvalue weighted by Crippen LogP contribution is 2.29. The van der Waals surface area contributed by atoms with Gasteiger partial charge in [0.05, 0.1) is 12.9 Å². The van der Waals surface area contributed by atoms with Crippen molar-refractivity contribution >= 4 is 0 Å². The Morgan fingerprint density at radius 2 is 2.24 bits per heavy atom. The first-order valence-corrected chi connectivity index (χ1v) is 8.03. The molecule has 1 aliphatic heterocycles. The van der Waals surface area contributed by atoms with Crippen LogP contribution in [0.1, 0.15) is 38.0 Å². The molecule has 2 heterocycles. The summed E-state index contributed by atoms with van der Waals surface area (Å²) < 4.78 is 11.2. The second-order valence-electron chi connectivity index (χ2n) is 6.87. The van der Waals surface area contributed by atoms with Crippen LogP contribution in [0.25, 0.3) is 0 Å². The van der Waals surface area contributed by atoms with Crippen molar-refractivity contribution in [2.45, 2.75) is 46.2 Å². The lowest BCUT2D eigenvalue weighted by atomic mass is 9.81. The second kappa shape index (κ2) is 7.43. The molecule has 1 N–H and O–H groups in total. The zero-order valence-corrected chi connectivity index (χ0v) is 13.9. The van der Waals surface area contributed by atoms with Crippen LogP contribution in [0, 0.1) is 12.3 Å². The van der Waals surface area contributed by atoms with E-state index in [9.17, 15) is 0 Å². The maximum absolute atomic E-state index is 5.79. The number of hydrogen-bond donors (Lipinski definition) is 1. The highest BCUT2D eigenvalue weighted by molar-refractivity contribution is 5.15. The number of furan rings is 1. The molecule has 1 aromatic heterocycles.